The van der Waals surface area contributed by atoms with Gasteiger partial charge < -0.3 is 10.4 Å². The SMILES string of the molecule is CCCCCc1ccc(C(=O)NCCn2cc(CCCCCCO)nn2)cc1. The molecule has 28 heavy (non-hydrogen) atoms. The summed E-state index contributed by atoms with van der Waals surface area (Å²) in [5, 5.41) is 20.0. The number of unbranched alkanes of at least 4 members (excludes halogenated alkanes) is 5. The molecule has 0 aliphatic rings. The fourth-order valence-corrected chi connectivity index (χ4v) is 3.12. The molecule has 0 aliphatic carbocycles. The van der Waals surface area contributed by atoms with E-state index in [1.807, 2.05) is 18.3 Å². The van der Waals surface area contributed by atoms with Crippen molar-refractivity contribution in [2.24, 2.45) is 0 Å². The fourth-order valence-electron chi connectivity index (χ4n) is 3.12. The third-order valence-electron chi connectivity index (χ3n) is 4.84. The Morgan fingerprint density at radius 2 is 1.79 bits per heavy atom. The van der Waals surface area contributed by atoms with Gasteiger partial charge >= 0.3 is 0 Å². The zero-order valence-electron chi connectivity index (χ0n) is 17.1. The first kappa shape index (κ1) is 22.1. The van der Waals surface area contributed by atoms with E-state index in [1.54, 1.807) is 4.68 Å². The molecule has 0 atom stereocenters. The van der Waals surface area contributed by atoms with Crippen LogP contribution in [0, 0.1) is 0 Å². The van der Waals surface area contributed by atoms with E-state index in [0.717, 1.165) is 44.2 Å². The number of carbonyl (C=O) groups is 1. The third-order valence-corrected chi connectivity index (χ3v) is 4.84. The molecule has 6 nitrogen and oxygen atoms in total. The number of aromatic nitrogens is 3. The van der Waals surface area contributed by atoms with Crippen LogP contribution in [-0.4, -0.2) is 39.2 Å². The van der Waals surface area contributed by atoms with Crippen molar-refractivity contribution in [3.63, 3.8) is 0 Å². The van der Waals surface area contributed by atoms with Gasteiger partial charge in [0.05, 0.1) is 12.2 Å². The maximum atomic E-state index is 12.3. The number of aryl methyl sites for hydroxylation is 2. The van der Waals surface area contributed by atoms with Crippen molar-refractivity contribution >= 4 is 5.91 Å². The largest absolute Gasteiger partial charge is 0.396 e. The molecule has 0 fully saturated rings. The molecule has 0 unspecified atom stereocenters. The Labute approximate surface area is 168 Å². The van der Waals surface area contributed by atoms with Crippen LogP contribution in [0.3, 0.4) is 0 Å². The van der Waals surface area contributed by atoms with Gasteiger partial charge in [-0.15, -0.1) is 5.10 Å². The molecule has 2 rings (SSSR count). The van der Waals surface area contributed by atoms with Crippen molar-refractivity contribution < 1.29 is 9.90 Å². The Morgan fingerprint density at radius 3 is 2.54 bits per heavy atom. The molecule has 0 radical (unpaired) electrons. The van der Waals surface area contributed by atoms with Gasteiger partial charge in [-0.25, -0.2) is 0 Å². The summed E-state index contributed by atoms with van der Waals surface area (Å²) in [6, 6.07) is 7.91. The molecule has 1 amide bonds. The van der Waals surface area contributed by atoms with Crippen LogP contribution in [-0.2, 0) is 19.4 Å². The van der Waals surface area contributed by atoms with Gasteiger partial charge in [0.25, 0.3) is 5.91 Å². The molecule has 1 aromatic carbocycles. The van der Waals surface area contributed by atoms with Crippen molar-refractivity contribution in [2.75, 3.05) is 13.2 Å². The average molecular weight is 387 g/mol. The predicted molar refractivity (Wildman–Crippen MR) is 111 cm³/mol. The van der Waals surface area contributed by atoms with Gasteiger partial charge in [-0.1, -0.05) is 50.0 Å². The monoisotopic (exact) mass is 386 g/mol. The summed E-state index contributed by atoms with van der Waals surface area (Å²) < 4.78 is 1.78. The van der Waals surface area contributed by atoms with Gasteiger partial charge in [-0.2, -0.15) is 0 Å². The van der Waals surface area contributed by atoms with Crippen LogP contribution in [0.2, 0.25) is 0 Å². The summed E-state index contributed by atoms with van der Waals surface area (Å²) in [5.41, 5.74) is 2.96. The minimum absolute atomic E-state index is 0.0515. The molecule has 6 heteroatoms. The van der Waals surface area contributed by atoms with E-state index >= 15 is 0 Å². The highest BCUT2D eigenvalue weighted by atomic mass is 16.2. The maximum Gasteiger partial charge on any atom is 0.251 e. The first-order valence-electron chi connectivity index (χ1n) is 10.6. The van der Waals surface area contributed by atoms with Gasteiger partial charge in [-0.3, -0.25) is 9.48 Å². The molecule has 0 spiro atoms. The number of hydrogen-bond donors (Lipinski definition) is 2. The lowest BCUT2D eigenvalue weighted by Gasteiger charge is -2.06. The van der Waals surface area contributed by atoms with Crippen LogP contribution in [0.25, 0.3) is 0 Å². The number of carbonyl (C=O) groups excluding carboxylic acids is 1. The molecule has 0 saturated heterocycles. The van der Waals surface area contributed by atoms with E-state index in [-0.39, 0.29) is 12.5 Å². The molecule has 0 saturated carbocycles. The second kappa shape index (κ2) is 13.0. The smallest absolute Gasteiger partial charge is 0.251 e. The van der Waals surface area contributed by atoms with Crippen LogP contribution >= 0.6 is 0 Å². The molecule has 1 aromatic heterocycles. The van der Waals surface area contributed by atoms with Crippen LogP contribution in [0.4, 0.5) is 0 Å². The summed E-state index contributed by atoms with van der Waals surface area (Å²) >= 11 is 0. The summed E-state index contributed by atoms with van der Waals surface area (Å²) in [7, 11) is 0. The molecule has 1 heterocycles. The van der Waals surface area contributed by atoms with Crippen molar-refractivity contribution in [1.82, 2.24) is 20.3 Å². The van der Waals surface area contributed by atoms with Gasteiger partial charge in [-0.05, 0) is 49.8 Å². The van der Waals surface area contributed by atoms with E-state index in [0.29, 0.717) is 18.7 Å². The lowest BCUT2D eigenvalue weighted by molar-refractivity contribution is 0.0952. The van der Waals surface area contributed by atoms with Crippen molar-refractivity contribution in [1.29, 1.82) is 0 Å². The van der Waals surface area contributed by atoms with Gasteiger partial charge in [0.15, 0.2) is 0 Å². The fraction of sp³-hybridized carbons (Fsp3) is 0.591. The average Bonchev–Trinajstić information content (AvgIpc) is 3.16. The topological polar surface area (TPSA) is 80.0 Å². The summed E-state index contributed by atoms with van der Waals surface area (Å²) in [5.74, 6) is -0.0515. The van der Waals surface area contributed by atoms with Gasteiger partial charge in [0, 0.05) is 24.9 Å². The van der Waals surface area contributed by atoms with Crippen LogP contribution in [0.5, 0.6) is 0 Å². The minimum Gasteiger partial charge on any atom is -0.396 e. The Bertz CT molecular complexity index is 682. The normalized spacial score (nSPS) is 10.9. The molecular weight excluding hydrogens is 352 g/mol. The molecule has 0 bridgehead atoms. The lowest BCUT2D eigenvalue weighted by Crippen LogP contribution is -2.27. The van der Waals surface area contributed by atoms with E-state index < -0.39 is 0 Å². The van der Waals surface area contributed by atoms with Crippen LogP contribution in [0.15, 0.2) is 30.5 Å². The minimum atomic E-state index is -0.0515. The molecule has 2 N–H and O–H groups in total. The number of nitrogens with zero attached hydrogens (tertiary/aromatic N) is 3. The van der Waals surface area contributed by atoms with Crippen molar-refractivity contribution in [3.8, 4) is 0 Å². The van der Waals surface area contributed by atoms with Crippen LogP contribution < -0.4 is 5.32 Å². The number of amides is 1. The number of aliphatic hydroxyl groups is 1. The molecular formula is C22H34N4O2. The summed E-state index contributed by atoms with van der Waals surface area (Å²) in [6.07, 6.45) is 11.7. The molecule has 2 aromatic rings. The number of hydrogen-bond acceptors (Lipinski definition) is 4. The van der Waals surface area contributed by atoms with E-state index in [1.165, 1.54) is 24.8 Å². The van der Waals surface area contributed by atoms with E-state index in [2.05, 4.69) is 34.7 Å². The maximum absolute atomic E-state index is 12.3. The van der Waals surface area contributed by atoms with E-state index in [4.69, 9.17) is 5.11 Å². The second-order valence-electron chi connectivity index (χ2n) is 7.27. The second-order valence-corrected chi connectivity index (χ2v) is 7.27. The Kier molecular flexibility index (Phi) is 10.3. The summed E-state index contributed by atoms with van der Waals surface area (Å²) in [6.45, 7) is 3.61. The first-order chi connectivity index (χ1) is 13.7. The van der Waals surface area contributed by atoms with E-state index in [9.17, 15) is 4.79 Å². The number of aliphatic hydroxyl groups excluding tert-OH is 1. The predicted octanol–water partition coefficient (Wildman–Crippen LogP) is 3.54. The highest BCUT2D eigenvalue weighted by molar-refractivity contribution is 5.94. The molecule has 154 valence electrons. The zero-order valence-corrected chi connectivity index (χ0v) is 17.1. The van der Waals surface area contributed by atoms with Gasteiger partial charge in [0.2, 0.25) is 0 Å². The highest BCUT2D eigenvalue weighted by Crippen LogP contribution is 2.09. The first-order valence-corrected chi connectivity index (χ1v) is 10.6. The van der Waals surface area contributed by atoms with Crippen molar-refractivity contribution in [3.05, 3.63) is 47.3 Å². The number of rotatable bonds is 14. The Balaban J connectivity index is 1.66. The lowest BCUT2D eigenvalue weighted by atomic mass is 10.1. The Hall–Kier alpha value is -2.21. The quantitative estimate of drug-likeness (QED) is 0.487. The summed E-state index contributed by atoms with van der Waals surface area (Å²) in [4.78, 5) is 12.3. The highest BCUT2D eigenvalue weighted by Gasteiger charge is 2.06. The number of benzene rings is 1. The van der Waals surface area contributed by atoms with Crippen molar-refractivity contribution in [2.45, 2.75) is 71.3 Å². The number of nitrogens with one attached hydrogen (secondary N) is 1. The zero-order chi connectivity index (χ0) is 20.0. The third kappa shape index (κ3) is 8.21. The Morgan fingerprint density at radius 1 is 1.04 bits per heavy atom. The van der Waals surface area contributed by atoms with Crippen LogP contribution in [0.1, 0.15) is 73.5 Å². The molecule has 0 aliphatic heterocycles. The standard InChI is InChI=1S/C22H34N4O2/c1-2-3-6-9-19-11-13-20(14-12-19)22(28)23-15-16-26-18-21(24-25-26)10-7-4-5-8-17-27/h11-14,18,27H,2-10,15-17H2,1H3,(H,23,28). The van der Waals surface area contributed by atoms with Gasteiger partial charge in [0.1, 0.15) is 0 Å².